The maximum Gasteiger partial charge on any atom is 0.425 e. The number of alkyl halides is 3. The fourth-order valence-electron chi connectivity index (χ4n) is 0.897. The predicted octanol–water partition coefficient (Wildman–Crippen LogP) is 2.18. The van der Waals surface area contributed by atoms with Crippen LogP contribution in [0.5, 0.6) is 5.75 Å². The fraction of sp³-hybridized carbons (Fsp3) is 0.333. The average Bonchev–Trinajstić information content (AvgIpc) is 2.10. The van der Waals surface area contributed by atoms with Crippen molar-refractivity contribution in [3.8, 4) is 5.75 Å². The molecule has 0 fully saturated rings. The van der Waals surface area contributed by atoms with E-state index in [0.29, 0.717) is 5.69 Å². The summed E-state index contributed by atoms with van der Waals surface area (Å²) in [6.45, 7) is 0.923. The summed E-state index contributed by atoms with van der Waals surface area (Å²) in [6.07, 6.45) is -6.27. The van der Waals surface area contributed by atoms with Crippen LogP contribution < -0.4 is 16.2 Å². The Morgan fingerprint density at radius 1 is 1.20 bits per heavy atom. The van der Waals surface area contributed by atoms with Crippen molar-refractivity contribution >= 4 is 11.4 Å². The van der Waals surface area contributed by atoms with E-state index in [4.69, 9.17) is 11.5 Å². The molecule has 0 bridgehead atoms. The van der Waals surface area contributed by atoms with Gasteiger partial charge in [-0.1, -0.05) is 0 Å². The molecule has 6 heteroatoms. The van der Waals surface area contributed by atoms with Gasteiger partial charge < -0.3 is 16.2 Å². The number of ether oxygens (including phenoxy) is 1. The van der Waals surface area contributed by atoms with Gasteiger partial charge >= 0.3 is 6.18 Å². The Balaban J connectivity index is 2.78. The van der Waals surface area contributed by atoms with E-state index in [9.17, 15) is 13.2 Å². The minimum atomic E-state index is -4.39. The Kier molecular flexibility index (Phi) is 2.97. The second kappa shape index (κ2) is 3.88. The van der Waals surface area contributed by atoms with Gasteiger partial charge in [0, 0.05) is 6.07 Å². The highest BCUT2D eigenvalue weighted by atomic mass is 19.4. The van der Waals surface area contributed by atoms with E-state index in [1.165, 1.54) is 18.2 Å². The van der Waals surface area contributed by atoms with E-state index in [-0.39, 0.29) is 11.4 Å². The van der Waals surface area contributed by atoms with Crippen molar-refractivity contribution in [2.24, 2.45) is 0 Å². The molecule has 0 heterocycles. The summed E-state index contributed by atoms with van der Waals surface area (Å²) in [5, 5.41) is 0. The van der Waals surface area contributed by atoms with Gasteiger partial charge in [0.25, 0.3) is 0 Å². The van der Waals surface area contributed by atoms with E-state index in [1.54, 1.807) is 0 Å². The van der Waals surface area contributed by atoms with Crippen molar-refractivity contribution in [1.29, 1.82) is 0 Å². The molecule has 4 N–H and O–H groups in total. The van der Waals surface area contributed by atoms with E-state index in [0.717, 1.165) is 6.92 Å². The number of hydrogen-bond donors (Lipinski definition) is 2. The molecule has 0 spiro atoms. The summed E-state index contributed by atoms with van der Waals surface area (Å²) in [5.41, 5.74) is 11.3. The van der Waals surface area contributed by atoms with Crippen LogP contribution in [0, 0.1) is 0 Å². The summed E-state index contributed by atoms with van der Waals surface area (Å²) in [4.78, 5) is 0. The molecule has 0 saturated carbocycles. The van der Waals surface area contributed by atoms with Crippen LogP contribution in [0.4, 0.5) is 24.5 Å². The summed E-state index contributed by atoms with van der Waals surface area (Å²) >= 11 is 0. The summed E-state index contributed by atoms with van der Waals surface area (Å²) < 4.78 is 41.1. The minimum absolute atomic E-state index is 0.0477. The first-order valence-corrected chi connectivity index (χ1v) is 4.19. The van der Waals surface area contributed by atoms with Crippen LogP contribution in [0.15, 0.2) is 18.2 Å². The number of nitrogen functional groups attached to an aromatic ring is 2. The van der Waals surface area contributed by atoms with E-state index in [2.05, 4.69) is 4.74 Å². The third-order valence-electron chi connectivity index (χ3n) is 1.83. The Bertz CT molecular complexity index is 352. The molecule has 1 aromatic carbocycles. The first kappa shape index (κ1) is 11.5. The van der Waals surface area contributed by atoms with Gasteiger partial charge in [-0.25, -0.2) is 0 Å². The van der Waals surface area contributed by atoms with E-state index in [1.807, 2.05) is 0 Å². The Morgan fingerprint density at radius 2 is 1.80 bits per heavy atom. The van der Waals surface area contributed by atoms with Gasteiger partial charge in [-0.05, 0) is 19.1 Å². The van der Waals surface area contributed by atoms with Crippen molar-refractivity contribution < 1.29 is 17.9 Å². The standard InChI is InChI=1S/C9H11F3N2O/c1-5(9(10,11)12)15-6-2-3-7(13)8(14)4-6/h2-5H,13-14H2,1H3. The lowest BCUT2D eigenvalue weighted by molar-refractivity contribution is -0.189. The van der Waals surface area contributed by atoms with Gasteiger partial charge in [-0.2, -0.15) is 13.2 Å². The second-order valence-electron chi connectivity index (χ2n) is 3.09. The second-order valence-corrected chi connectivity index (χ2v) is 3.09. The fourth-order valence-corrected chi connectivity index (χ4v) is 0.897. The molecule has 84 valence electrons. The quantitative estimate of drug-likeness (QED) is 0.751. The molecule has 0 aliphatic carbocycles. The van der Waals surface area contributed by atoms with Crippen LogP contribution in [-0.4, -0.2) is 12.3 Å². The Hall–Kier alpha value is -1.59. The number of rotatable bonds is 2. The highest BCUT2D eigenvalue weighted by molar-refractivity contribution is 5.65. The molecular formula is C9H11F3N2O. The van der Waals surface area contributed by atoms with Gasteiger partial charge in [-0.15, -0.1) is 0 Å². The molecule has 0 aliphatic rings. The number of nitrogens with two attached hydrogens (primary N) is 2. The molecule has 3 nitrogen and oxygen atoms in total. The molecule has 1 atom stereocenters. The smallest absolute Gasteiger partial charge is 0.425 e. The predicted molar refractivity (Wildman–Crippen MR) is 51.4 cm³/mol. The molecule has 1 aromatic rings. The van der Waals surface area contributed by atoms with Crippen molar-refractivity contribution in [2.75, 3.05) is 11.5 Å². The van der Waals surface area contributed by atoms with Crippen molar-refractivity contribution in [1.82, 2.24) is 0 Å². The van der Waals surface area contributed by atoms with Crippen LogP contribution in [-0.2, 0) is 0 Å². The van der Waals surface area contributed by atoms with Gasteiger partial charge in [0.2, 0.25) is 0 Å². The minimum Gasteiger partial charge on any atom is -0.481 e. The molecular weight excluding hydrogens is 209 g/mol. The zero-order valence-corrected chi connectivity index (χ0v) is 8.01. The number of halogens is 3. The van der Waals surface area contributed by atoms with Crippen molar-refractivity contribution in [2.45, 2.75) is 19.2 Å². The zero-order chi connectivity index (χ0) is 11.6. The third-order valence-corrected chi connectivity index (χ3v) is 1.83. The van der Waals surface area contributed by atoms with Crippen molar-refractivity contribution in [3.63, 3.8) is 0 Å². The van der Waals surface area contributed by atoms with Crippen LogP contribution in [0.2, 0.25) is 0 Å². The Labute approximate surface area is 84.8 Å². The maximum absolute atomic E-state index is 12.1. The van der Waals surface area contributed by atoms with E-state index < -0.39 is 12.3 Å². The molecule has 15 heavy (non-hydrogen) atoms. The van der Waals surface area contributed by atoms with Crippen LogP contribution in [0.25, 0.3) is 0 Å². The summed E-state index contributed by atoms with van der Waals surface area (Å²) in [6, 6.07) is 4.00. The van der Waals surface area contributed by atoms with Crippen LogP contribution >= 0.6 is 0 Å². The SMILES string of the molecule is CC(Oc1ccc(N)c(N)c1)C(F)(F)F. The monoisotopic (exact) mass is 220 g/mol. The zero-order valence-electron chi connectivity index (χ0n) is 8.01. The molecule has 0 amide bonds. The largest absolute Gasteiger partial charge is 0.481 e. The third kappa shape index (κ3) is 2.93. The summed E-state index contributed by atoms with van der Waals surface area (Å²) in [7, 11) is 0. The first-order valence-electron chi connectivity index (χ1n) is 4.19. The number of benzene rings is 1. The first-order chi connectivity index (χ1) is 6.80. The molecule has 1 rings (SSSR count). The summed E-state index contributed by atoms with van der Waals surface area (Å²) in [5.74, 6) is 0.0477. The molecule has 0 aliphatic heterocycles. The van der Waals surface area contributed by atoms with E-state index >= 15 is 0 Å². The lowest BCUT2D eigenvalue weighted by Crippen LogP contribution is -2.31. The topological polar surface area (TPSA) is 61.3 Å². The highest BCUT2D eigenvalue weighted by Crippen LogP contribution is 2.27. The molecule has 0 aromatic heterocycles. The maximum atomic E-state index is 12.1. The van der Waals surface area contributed by atoms with Gasteiger partial charge in [0.05, 0.1) is 11.4 Å². The van der Waals surface area contributed by atoms with Gasteiger partial charge in [0.1, 0.15) is 5.75 Å². The number of anilines is 2. The normalized spacial score (nSPS) is 13.6. The number of hydrogen-bond acceptors (Lipinski definition) is 3. The Morgan fingerprint density at radius 3 is 2.27 bits per heavy atom. The van der Waals surface area contributed by atoms with Crippen LogP contribution in [0.3, 0.4) is 0 Å². The van der Waals surface area contributed by atoms with Crippen LogP contribution in [0.1, 0.15) is 6.92 Å². The van der Waals surface area contributed by atoms with Crippen molar-refractivity contribution in [3.05, 3.63) is 18.2 Å². The molecule has 0 saturated heterocycles. The lowest BCUT2D eigenvalue weighted by atomic mass is 10.2. The lowest BCUT2D eigenvalue weighted by Gasteiger charge is -2.17. The van der Waals surface area contributed by atoms with Gasteiger partial charge in [0.15, 0.2) is 6.10 Å². The molecule has 1 unspecified atom stereocenters. The average molecular weight is 220 g/mol. The highest BCUT2D eigenvalue weighted by Gasteiger charge is 2.38. The van der Waals surface area contributed by atoms with Gasteiger partial charge in [-0.3, -0.25) is 0 Å². The molecule has 0 radical (unpaired) electrons.